The number of nitrogens with zero attached hydrogens (tertiary/aromatic N) is 2. The molecule has 1 heterocycles. The van der Waals surface area contributed by atoms with Crippen molar-refractivity contribution in [2.75, 3.05) is 39.3 Å². The van der Waals surface area contributed by atoms with Gasteiger partial charge in [0.2, 0.25) is 0 Å². The summed E-state index contributed by atoms with van der Waals surface area (Å²) in [5.74, 6) is 0.935. The molecule has 0 amide bonds. The molecule has 132 valence electrons. The number of hydrogen-bond acceptors (Lipinski definition) is 3. The van der Waals surface area contributed by atoms with Crippen LogP contribution in [-0.2, 0) is 4.74 Å². The SMILES string of the molecule is CCNC(=NCC1CCCN1CC)NCCCOC(C)C.I. The van der Waals surface area contributed by atoms with E-state index in [1.807, 2.05) is 0 Å². The van der Waals surface area contributed by atoms with Crippen LogP contribution in [0.3, 0.4) is 0 Å². The third-order valence-electron chi connectivity index (χ3n) is 3.77. The van der Waals surface area contributed by atoms with Crippen LogP contribution in [0.4, 0.5) is 0 Å². The summed E-state index contributed by atoms with van der Waals surface area (Å²) in [4.78, 5) is 7.27. The van der Waals surface area contributed by atoms with Gasteiger partial charge in [-0.15, -0.1) is 24.0 Å². The molecule has 0 aliphatic carbocycles. The van der Waals surface area contributed by atoms with Crippen LogP contribution in [0.2, 0.25) is 0 Å². The third kappa shape index (κ3) is 9.15. The molecular weight excluding hydrogens is 391 g/mol. The summed E-state index contributed by atoms with van der Waals surface area (Å²) in [5, 5.41) is 6.71. The van der Waals surface area contributed by atoms with Crippen LogP contribution in [-0.4, -0.2) is 62.3 Å². The fourth-order valence-corrected chi connectivity index (χ4v) is 2.65. The molecule has 1 aliphatic rings. The van der Waals surface area contributed by atoms with Gasteiger partial charge in [-0.2, -0.15) is 0 Å². The van der Waals surface area contributed by atoms with Crippen LogP contribution in [0.15, 0.2) is 4.99 Å². The van der Waals surface area contributed by atoms with Gasteiger partial charge in [-0.05, 0) is 53.1 Å². The summed E-state index contributed by atoms with van der Waals surface area (Å²) in [6.45, 7) is 14.3. The zero-order chi connectivity index (χ0) is 15.5. The number of likely N-dealkylation sites (tertiary alicyclic amines) is 1. The number of hydrogen-bond donors (Lipinski definition) is 2. The molecule has 0 spiro atoms. The highest BCUT2D eigenvalue weighted by Crippen LogP contribution is 2.16. The highest BCUT2D eigenvalue weighted by Gasteiger charge is 2.22. The third-order valence-corrected chi connectivity index (χ3v) is 3.77. The van der Waals surface area contributed by atoms with Crippen LogP contribution in [0.1, 0.15) is 47.0 Å². The van der Waals surface area contributed by atoms with Crippen molar-refractivity contribution in [3.8, 4) is 0 Å². The summed E-state index contributed by atoms with van der Waals surface area (Å²) in [6.07, 6.45) is 3.91. The lowest BCUT2D eigenvalue weighted by Gasteiger charge is -2.21. The van der Waals surface area contributed by atoms with Gasteiger partial charge in [0.1, 0.15) is 0 Å². The zero-order valence-electron chi connectivity index (χ0n) is 14.7. The van der Waals surface area contributed by atoms with Gasteiger partial charge in [0, 0.05) is 25.7 Å². The summed E-state index contributed by atoms with van der Waals surface area (Å²) in [5.41, 5.74) is 0. The quantitative estimate of drug-likeness (QED) is 0.258. The lowest BCUT2D eigenvalue weighted by molar-refractivity contribution is 0.0776. The topological polar surface area (TPSA) is 48.9 Å². The molecule has 6 heteroatoms. The molecule has 1 saturated heterocycles. The highest BCUT2D eigenvalue weighted by atomic mass is 127. The molecular formula is C16H35IN4O. The van der Waals surface area contributed by atoms with Gasteiger partial charge in [-0.3, -0.25) is 9.89 Å². The molecule has 1 atom stereocenters. The van der Waals surface area contributed by atoms with Gasteiger partial charge >= 0.3 is 0 Å². The summed E-state index contributed by atoms with van der Waals surface area (Å²) in [6, 6.07) is 0.620. The van der Waals surface area contributed by atoms with Crippen molar-refractivity contribution >= 4 is 29.9 Å². The van der Waals surface area contributed by atoms with Crippen molar-refractivity contribution in [1.29, 1.82) is 0 Å². The van der Waals surface area contributed by atoms with Crippen molar-refractivity contribution in [3.63, 3.8) is 0 Å². The highest BCUT2D eigenvalue weighted by molar-refractivity contribution is 14.0. The average molecular weight is 426 g/mol. The van der Waals surface area contributed by atoms with Gasteiger partial charge in [0.05, 0.1) is 12.6 Å². The van der Waals surface area contributed by atoms with E-state index in [4.69, 9.17) is 9.73 Å². The van der Waals surface area contributed by atoms with E-state index in [0.717, 1.165) is 45.2 Å². The normalized spacial score (nSPS) is 19.3. The Kier molecular flexibility index (Phi) is 13.3. The Balaban J connectivity index is 0.00000441. The Morgan fingerprint density at radius 2 is 2.09 bits per heavy atom. The first kappa shape index (κ1) is 21.9. The summed E-state index contributed by atoms with van der Waals surface area (Å²) in [7, 11) is 0. The van der Waals surface area contributed by atoms with Crippen LogP contribution in [0.25, 0.3) is 0 Å². The first-order valence-electron chi connectivity index (χ1n) is 8.55. The van der Waals surface area contributed by atoms with Crippen LogP contribution in [0, 0.1) is 0 Å². The molecule has 0 bridgehead atoms. The molecule has 5 nitrogen and oxygen atoms in total. The molecule has 1 rings (SSSR count). The van der Waals surface area contributed by atoms with E-state index >= 15 is 0 Å². The van der Waals surface area contributed by atoms with Crippen molar-refractivity contribution in [2.45, 2.75) is 59.1 Å². The molecule has 0 radical (unpaired) electrons. The monoisotopic (exact) mass is 426 g/mol. The molecule has 0 saturated carbocycles. The number of likely N-dealkylation sites (N-methyl/N-ethyl adjacent to an activating group) is 1. The Labute approximate surface area is 153 Å². The first-order chi connectivity index (χ1) is 10.2. The second-order valence-electron chi connectivity index (χ2n) is 5.84. The molecule has 0 aromatic carbocycles. The number of aliphatic imine (C=N–C) groups is 1. The summed E-state index contributed by atoms with van der Waals surface area (Å²) < 4.78 is 5.55. The van der Waals surface area contributed by atoms with E-state index in [1.165, 1.54) is 19.4 Å². The number of guanidine groups is 1. The molecule has 1 unspecified atom stereocenters. The van der Waals surface area contributed by atoms with E-state index in [1.54, 1.807) is 0 Å². The van der Waals surface area contributed by atoms with E-state index < -0.39 is 0 Å². The van der Waals surface area contributed by atoms with E-state index in [0.29, 0.717) is 12.1 Å². The van der Waals surface area contributed by atoms with Crippen molar-refractivity contribution in [3.05, 3.63) is 0 Å². The van der Waals surface area contributed by atoms with Crippen molar-refractivity contribution < 1.29 is 4.74 Å². The van der Waals surface area contributed by atoms with Crippen LogP contribution < -0.4 is 10.6 Å². The standard InChI is InChI=1S/C16H34N4O.HI/c1-5-17-16(18-10-8-12-21-14(3)4)19-13-15-9-7-11-20(15)6-2;/h14-15H,5-13H2,1-4H3,(H2,17,18,19);1H. The van der Waals surface area contributed by atoms with Crippen molar-refractivity contribution in [1.82, 2.24) is 15.5 Å². The molecule has 22 heavy (non-hydrogen) atoms. The summed E-state index contributed by atoms with van der Waals surface area (Å²) >= 11 is 0. The first-order valence-corrected chi connectivity index (χ1v) is 8.55. The number of halogens is 1. The Hall–Kier alpha value is -0.0800. The van der Waals surface area contributed by atoms with Crippen molar-refractivity contribution in [2.24, 2.45) is 4.99 Å². The van der Waals surface area contributed by atoms with E-state index in [2.05, 4.69) is 43.2 Å². The second kappa shape index (κ2) is 13.4. The molecule has 0 aromatic rings. The minimum Gasteiger partial charge on any atom is -0.379 e. The van der Waals surface area contributed by atoms with Gasteiger partial charge in [0.25, 0.3) is 0 Å². The van der Waals surface area contributed by atoms with Gasteiger partial charge < -0.3 is 15.4 Å². The zero-order valence-corrected chi connectivity index (χ0v) is 17.1. The maximum atomic E-state index is 5.55. The second-order valence-corrected chi connectivity index (χ2v) is 5.84. The van der Waals surface area contributed by atoms with Crippen LogP contribution in [0.5, 0.6) is 0 Å². The van der Waals surface area contributed by atoms with Gasteiger partial charge in [0.15, 0.2) is 5.96 Å². The van der Waals surface area contributed by atoms with Gasteiger partial charge in [-0.25, -0.2) is 0 Å². The number of rotatable bonds is 9. The molecule has 1 fully saturated rings. The lowest BCUT2D eigenvalue weighted by Crippen LogP contribution is -2.39. The van der Waals surface area contributed by atoms with E-state index in [9.17, 15) is 0 Å². The minimum atomic E-state index is 0. The number of nitrogens with one attached hydrogen (secondary N) is 2. The van der Waals surface area contributed by atoms with Crippen LogP contribution >= 0.6 is 24.0 Å². The molecule has 1 aliphatic heterocycles. The fourth-order valence-electron chi connectivity index (χ4n) is 2.65. The fraction of sp³-hybridized carbons (Fsp3) is 0.938. The Morgan fingerprint density at radius 1 is 1.32 bits per heavy atom. The Bertz CT molecular complexity index is 300. The minimum absolute atomic E-state index is 0. The Morgan fingerprint density at radius 3 is 2.73 bits per heavy atom. The number of ether oxygens (including phenoxy) is 1. The van der Waals surface area contributed by atoms with Gasteiger partial charge in [-0.1, -0.05) is 6.92 Å². The largest absolute Gasteiger partial charge is 0.379 e. The molecule has 2 N–H and O–H groups in total. The van der Waals surface area contributed by atoms with E-state index in [-0.39, 0.29) is 24.0 Å². The predicted octanol–water partition coefficient (Wildman–Crippen LogP) is 2.46. The lowest BCUT2D eigenvalue weighted by atomic mass is 10.2. The maximum Gasteiger partial charge on any atom is 0.191 e. The average Bonchev–Trinajstić information content (AvgIpc) is 2.91. The smallest absolute Gasteiger partial charge is 0.191 e. The molecule has 0 aromatic heterocycles. The maximum absolute atomic E-state index is 5.55. The predicted molar refractivity (Wildman–Crippen MR) is 105 cm³/mol.